The zero-order chi connectivity index (χ0) is 7.49. The van der Waals surface area contributed by atoms with E-state index in [0.29, 0.717) is 6.54 Å². The van der Waals surface area contributed by atoms with Gasteiger partial charge in [0.25, 0.3) is 0 Å². The van der Waals surface area contributed by atoms with E-state index in [0.717, 1.165) is 0 Å². The minimum Gasteiger partial charge on any atom is -0.355 e. The number of alkyl halides is 1. The first-order valence-electron chi connectivity index (χ1n) is 2.95. The molecule has 1 N–H and O–H groups in total. The first-order valence-corrected chi connectivity index (χ1v) is 3.75. The van der Waals surface area contributed by atoms with Crippen LogP contribution in [0, 0.1) is 0 Å². The predicted molar refractivity (Wildman–Crippen MR) is 41.7 cm³/mol. The van der Waals surface area contributed by atoms with Gasteiger partial charge in [-0.3, -0.25) is 4.79 Å². The fraction of sp³-hybridized carbons (Fsp3) is 0.833. The smallest absolute Gasteiger partial charge is 0.236 e. The van der Waals surface area contributed by atoms with Gasteiger partial charge in [0.15, 0.2) is 0 Å². The average Bonchev–Trinajstić information content (AvgIpc) is 1.64. The van der Waals surface area contributed by atoms with Crippen molar-refractivity contribution in [3.05, 3.63) is 0 Å². The highest BCUT2D eigenvalue weighted by molar-refractivity contribution is 9.10. The molecule has 0 fully saturated rings. The average molecular weight is 194 g/mol. The molecule has 0 spiro atoms. The number of carbonyl (C=O) groups is 1. The molecule has 3 heteroatoms. The van der Waals surface area contributed by atoms with Crippen molar-refractivity contribution in [2.45, 2.75) is 25.1 Å². The van der Waals surface area contributed by atoms with Crippen LogP contribution in [0.4, 0.5) is 0 Å². The van der Waals surface area contributed by atoms with Crippen LogP contribution in [0.3, 0.4) is 0 Å². The Morgan fingerprint density at radius 2 is 2.11 bits per heavy atom. The topological polar surface area (TPSA) is 29.1 Å². The maximum Gasteiger partial charge on any atom is 0.236 e. The van der Waals surface area contributed by atoms with Crippen molar-refractivity contribution in [1.29, 1.82) is 0 Å². The number of hydrogen-bond acceptors (Lipinski definition) is 1. The zero-order valence-electron chi connectivity index (χ0n) is 5.99. The van der Waals surface area contributed by atoms with E-state index in [1.807, 2.05) is 20.8 Å². The number of carbonyl (C=O) groups excluding carboxylic acids is 1. The van der Waals surface area contributed by atoms with Crippen LogP contribution < -0.4 is 5.32 Å². The van der Waals surface area contributed by atoms with Crippen LogP contribution in [-0.4, -0.2) is 16.8 Å². The van der Waals surface area contributed by atoms with Crippen LogP contribution in [0.15, 0.2) is 0 Å². The third-order valence-electron chi connectivity index (χ3n) is 0.877. The summed E-state index contributed by atoms with van der Waals surface area (Å²) in [5, 5.41) is 2.70. The molecular formula is C6H12BrNO. The minimum atomic E-state index is -0.428. The lowest BCUT2D eigenvalue weighted by Gasteiger charge is -2.13. The molecule has 9 heavy (non-hydrogen) atoms. The number of rotatable bonds is 2. The van der Waals surface area contributed by atoms with E-state index in [1.165, 1.54) is 0 Å². The van der Waals surface area contributed by atoms with Crippen LogP contribution in [0.25, 0.3) is 0 Å². The van der Waals surface area contributed by atoms with E-state index in [1.54, 1.807) is 0 Å². The largest absolute Gasteiger partial charge is 0.355 e. The summed E-state index contributed by atoms with van der Waals surface area (Å²) in [7, 11) is 0. The minimum absolute atomic E-state index is 0.0324. The van der Waals surface area contributed by atoms with E-state index in [-0.39, 0.29) is 5.91 Å². The lowest BCUT2D eigenvalue weighted by atomic mass is 10.2. The van der Waals surface area contributed by atoms with Gasteiger partial charge in [-0.15, -0.1) is 0 Å². The van der Waals surface area contributed by atoms with Crippen molar-refractivity contribution in [2.75, 3.05) is 6.54 Å². The third-order valence-corrected chi connectivity index (χ3v) is 1.24. The molecule has 0 saturated heterocycles. The van der Waals surface area contributed by atoms with Gasteiger partial charge in [-0.2, -0.15) is 0 Å². The summed E-state index contributed by atoms with van der Waals surface area (Å²) in [6, 6.07) is 0. The van der Waals surface area contributed by atoms with Gasteiger partial charge < -0.3 is 5.32 Å². The zero-order valence-corrected chi connectivity index (χ0v) is 7.58. The van der Waals surface area contributed by atoms with Crippen molar-refractivity contribution in [3.63, 3.8) is 0 Å². The lowest BCUT2D eigenvalue weighted by molar-refractivity contribution is -0.122. The van der Waals surface area contributed by atoms with Gasteiger partial charge in [-0.1, -0.05) is 15.9 Å². The maximum atomic E-state index is 10.9. The first-order chi connectivity index (χ1) is 3.98. The highest BCUT2D eigenvalue weighted by atomic mass is 79.9. The monoisotopic (exact) mass is 193 g/mol. The summed E-state index contributed by atoms with van der Waals surface area (Å²) < 4.78 is -0.428. The van der Waals surface area contributed by atoms with Gasteiger partial charge >= 0.3 is 0 Å². The van der Waals surface area contributed by atoms with Gasteiger partial charge in [0.1, 0.15) is 0 Å². The van der Waals surface area contributed by atoms with E-state index in [2.05, 4.69) is 21.2 Å². The van der Waals surface area contributed by atoms with Crippen LogP contribution in [-0.2, 0) is 4.79 Å². The fourth-order valence-electron chi connectivity index (χ4n) is 0.371. The van der Waals surface area contributed by atoms with Crippen molar-refractivity contribution in [2.24, 2.45) is 0 Å². The number of nitrogens with one attached hydrogen (secondary N) is 1. The molecule has 0 radical (unpaired) electrons. The van der Waals surface area contributed by atoms with Crippen molar-refractivity contribution in [3.8, 4) is 0 Å². The Kier molecular flexibility index (Phi) is 3.18. The Labute approximate surface area is 64.1 Å². The number of amides is 1. The molecule has 1 amide bonds. The van der Waals surface area contributed by atoms with E-state index in [9.17, 15) is 4.79 Å². The highest BCUT2D eigenvalue weighted by Gasteiger charge is 2.21. The molecule has 2 nitrogen and oxygen atoms in total. The summed E-state index contributed by atoms with van der Waals surface area (Å²) in [6.45, 7) is 6.22. The predicted octanol–water partition coefficient (Wildman–Crippen LogP) is 1.30. The fourth-order valence-corrected chi connectivity index (χ4v) is 0.511. The standard InChI is InChI=1S/C6H12BrNO/c1-4-8-5(9)6(2,3)7/h4H2,1-3H3,(H,8,9). The van der Waals surface area contributed by atoms with E-state index < -0.39 is 4.32 Å². The second-order valence-corrected chi connectivity index (χ2v) is 4.31. The molecule has 0 aromatic rings. The molecule has 0 atom stereocenters. The van der Waals surface area contributed by atoms with Crippen LogP contribution in [0.2, 0.25) is 0 Å². The van der Waals surface area contributed by atoms with Crippen LogP contribution >= 0.6 is 15.9 Å². The van der Waals surface area contributed by atoms with Gasteiger partial charge in [-0.25, -0.2) is 0 Å². The Balaban J connectivity index is 3.74. The van der Waals surface area contributed by atoms with Gasteiger partial charge in [0, 0.05) is 6.54 Å². The summed E-state index contributed by atoms with van der Waals surface area (Å²) in [6.07, 6.45) is 0. The molecule has 0 aliphatic rings. The molecule has 0 bridgehead atoms. The van der Waals surface area contributed by atoms with E-state index in [4.69, 9.17) is 0 Å². The summed E-state index contributed by atoms with van der Waals surface area (Å²) in [5.74, 6) is 0.0324. The molecule has 0 heterocycles. The molecule has 0 aromatic carbocycles. The highest BCUT2D eigenvalue weighted by Crippen LogP contribution is 2.14. The molecule has 0 aromatic heterocycles. The lowest BCUT2D eigenvalue weighted by Crippen LogP contribution is -2.37. The second kappa shape index (κ2) is 3.20. The van der Waals surface area contributed by atoms with Crippen LogP contribution in [0.1, 0.15) is 20.8 Å². The molecule has 0 saturated carbocycles. The van der Waals surface area contributed by atoms with Gasteiger partial charge in [-0.05, 0) is 20.8 Å². The second-order valence-electron chi connectivity index (χ2n) is 2.33. The summed E-state index contributed by atoms with van der Waals surface area (Å²) in [4.78, 5) is 10.9. The van der Waals surface area contributed by atoms with Gasteiger partial charge in [0.2, 0.25) is 5.91 Å². The normalized spacial score (nSPS) is 11.1. The number of halogens is 1. The third kappa shape index (κ3) is 3.51. The summed E-state index contributed by atoms with van der Waals surface area (Å²) in [5.41, 5.74) is 0. The van der Waals surface area contributed by atoms with Gasteiger partial charge in [0.05, 0.1) is 4.32 Å². The van der Waals surface area contributed by atoms with Crippen LogP contribution in [0.5, 0.6) is 0 Å². The van der Waals surface area contributed by atoms with Crippen molar-refractivity contribution >= 4 is 21.8 Å². The number of hydrogen-bond donors (Lipinski definition) is 1. The van der Waals surface area contributed by atoms with Crippen molar-refractivity contribution < 1.29 is 4.79 Å². The molecule has 0 unspecified atom stereocenters. The van der Waals surface area contributed by atoms with E-state index >= 15 is 0 Å². The molecule has 0 aliphatic carbocycles. The molecule has 54 valence electrons. The quantitative estimate of drug-likeness (QED) is 0.659. The maximum absolute atomic E-state index is 10.9. The Bertz CT molecular complexity index is 106. The summed E-state index contributed by atoms with van der Waals surface area (Å²) >= 11 is 3.23. The molecule has 0 aliphatic heterocycles. The first kappa shape index (κ1) is 8.95. The molecule has 0 rings (SSSR count). The SMILES string of the molecule is CCNC(=O)C(C)(C)Br. The Morgan fingerprint density at radius 1 is 1.67 bits per heavy atom. The Hall–Kier alpha value is -0.0500. The van der Waals surface area contributed by atoms with Crippen molar-refractivity contribution in [1.82, 2.24) is 5.32 Å². The Morgan fingerprint density at radius 3 is 2.22 bits per heavy atom. The molecular weight excluding hydrogens is 182 g/mol.